The number of ether oxygens (including phenoxy) is 1. The molecule has 1 aliphatic rings. The molecule has 1 fully saturated rings. The molecule has 0 radical (unpaired) electrons. The summed E-state index contributed by atoms with van der Waals surface area (Å²) in [6, 6.07) is 19.5. The minimum absolute atomic E-state index is 0.564. The number of likely N-dealkylation sites (tertiary alicyclic amines) is 1. The van der Waals surface area contributed by atoms with Gasteiger partial charge in [0.25, 0.3) is 0 Å². The molecule has 2 aromatic rings. The lowest BCUT2D eigenvalue weighted by atomic mass is 10.2. The molecular weight excluding hydrogens is 272 g/mol. The molecule has 22 heavy (non-hydrogen) atoms. The molecule has 3 rings (SSSR count). The van der Waals surface area contributed by atoms with Gasteiger partial charge in [-0.05, 0) is 18.1 Å². The number of methoxy groups -OCH3 is 1. The van der Waals surface area contributed by atoms with Crippen LogP contribution in [0.1, 0.15) is 17.5 Å². The van der Waals surface area contributed by atoms with E-state index in [1.54, 1.807) is 7.11 Å². The Morgan fingerprint density at radius 2 is 1.86 bits per heavy atom. The highest BCUT2D eigenvalue weighted by molar-refractivity contribution is 5.33. The van der Waals surface area contributed by atoms with E-state index in [-0.39, 0.29) is 0 Å². The molecule has 1 saturated heterocycles. The molecule has 0 spiro atoms. The van der Waals surface area contributed by atoms with Crippen LogP contribution in [0.2, 0.25) is 0 Å². The van der Waals surface area contributed by atoms with Crippen molar-refractivity contribution in [2.24, 2.45) is 0 Å². The number of hydrogen-bond acceptors (Lipinski definition) is 3. The van der Waals surface area contributed by atoms with E-state index >= 15 is 0 Å². The Labute approximate surface area is 132 Å². The van der Waals surface area contributed by atoms with Gasteiger partial charge in [-0.25, -0.2) is 0 Å². The fourth-order valence-corrected chi connectivity index (χ4v) is 3.09. The Bertz CT molecular complexity index is 585. The average Bonchev–Trinajstić information content (AvgIpc) is 3.01. The third kappa shape index (κ3) is 3.87. The fourth-order valence-electron chi connectivity index (χ4n) is 3.09. The van der Waals surface area contributed by atoms with Gasteiger partial charge in [-0.1, -0.05) is 48.5 Å². The molecule has 0 aromatic heterocycles. The number of para-hydroxylation sites is 1. The first-order chi connectivity index (χ1) is 10.8. The van der Waals surface area contributed by atoms with Crippen LogP contribution in [0, 0.1) is 0 Å². The van der Waals surface area contributed by atoms with Crippen molar-refractivity contribution >= 4 is 0 Å². The van der Waals surface area contributed by atoms with E-state index in [1.807, 2.05) is 12.1 Å². The number of nitrogens with one attached hydrogen (secondary N) is 1. The Kier molecular flexibility index (Phi) is 5.09. The molecule has 2 aromatic carbocycles. The molecule has 0 aliphatic carbocycles. The number of nitrogens with zero attached hydrogens (tertiary/aromatic N) is 1. The number of hydrogen-bond donors (Lipinski definition) is 1. The van der Waals surface area contributed by atoms with Crippen LogP contribution in [0.5, 0.6) is 5.75 Å². The zero-order valence-electron chi connectivity index (χ0n) is 13.2. The van der Waals surface area contributed by atoms with Crippen molar-refractivity contribution in [2.75, 3.05) is 20.2 Å². The first-order valence-corrected chi connectivity index (χ1v) is 7.96. The molecule has 0 amide bonds. The summed E-state index contributed by atoms with van der Waals surface area (Å²) in [6.45, 7) is 4.20. The zero-order chi connectivity index (χ0) is 15.2. The summed E-state index contributed by atoms with van der Waals surface area (Å²) in [5.74, 6) is 0.967. The van der Waals surface area contributed by atoms with Gasteiger partial charge in [-0.2, -0.15) is 0 Å². The quantitative estimate of drug-likeness (QED) is 0.886. The summed E-state index contributed by atoms with van der Waals surface area (Å²) in [5, 5.41) is 3.67. The normalized spacial score (nSPS) is 18.5. The predicted molar refractivity (Wildman–Crippen MR) is 90.0 cm³/mol. The first-order valence-electron chi connectivity index (χ1n) is 7.96. The van der Waals surface area contributed by atoms with Gasteiger partial charge in [0, 0.05) is 37.8 Å². The van der Waals surface area contributed by atoms with Crippen LogP contribution in [0.4, 0.5) is 0 Å². The minimum Gasteiger partial charge on any atom is -0.496 e. The van der Waals surface area contributed by atoms with Crippen molar-refractivity contribution in [3.8, 4) is 5.75 Å². The van der Waals surface area contributed by atoms with Crippen LogP contribution in [0.25, 0.3) is 0 Å². The molecule has 0 unspecified atom stereocenters. The zero-order valence-corrected chi connectivity index (χ0v) is 13.2. The van der Waals surface area contributed by atoms with E-state index < -0.39 is 0 Å². The largest absolute Gasteiger partial charge is 0.496 e. The van der Waals surface area contributed by atoms with Crippen LogP contribution >= 0.6 is 0 Å². The van der Waals surface area contributed by atoms with E-state index in [0.29, 0.717) is 6.04 Å². The summed E-state index contributed by atoms with van der Waals surface area (Å²) in [4.78, 5) is 2.52. The van der Waals surface area contributed by atoms with Gasteiger partial charge in [0.05, 0.1) is 7.11 Å². The summed E-state index contributed by atoms with van der Waals surface area (Å²) in [6.07, 6.45) is 1.21. The van der Waals surface area contributed by atoms with Crippen molar-refractivity contribution in [1.29, 1.82) is 0 Å². The van der Waals surface area contributed by atoms with Crippen molar-refractivity contribution in [3.63, 3.8) is 0 Å². The van der Waals surface area contributed by atoms with Crippen molar-refractivity contribution in [1.82, 2.24) is 10.2 Å². The van der Waals surface area contributed by atoms with Gasteiger partial charge < -0.3 is 10.1 Å². The molecule has 1 heterocycles. The maximum absolute atomic E-state index is 5.41. The van der Waals surface area contributed by atoms with Crippen LogP contribution in [-0.4, -0.2) is 31.1 Å². The van der Waals surface area contributed by atoms with Crippen LogP contribution < -0.4 is 10.1 Å². The summed E-state index contributed by atoms with van der Waals surface area (Å²) in [7, 11) is 1.73. The Morgan fingerprint density at radius 1 is 1.09 bits per heavy atom. The van der Waals surface area contributed by atoms with Gasteiger partial charge in [0.2, 0.25) is 0 Å². The second-order valence-electron chi connectivity index (χ2n) is 5.90. The van der Waals surface area contributed by atoms with E-state index in [2.05, 4.69) is 52.7 Å². The number of rotatable bonds is 6. The van der Waals surface area contributed by atoms with Gasteiger partial charge in [-0.15, -0.1) is 0 Å². The topological polar surface area (TPSA) is 24.5 Å². The lowest BCUT2D eigenvalue weighted by Crippen LogP contribution is -2.32. The second kappa shape index (κ2) is 7.43. The van der Waals surface area contributed by atoms with E-state index in [9.17, 15) is 0 Å². The average molecular weight is 296 g/mol. The van der Waals surface area contributed by atoms with Crippen LogP contribution in [0.15, 0.2) is 54.6 Å². The van der Waals surface area contributed by atoms with E-state index in [1.165, 1.54) is 24.1 Å². The highest BCUT2D eigenvalue weighted by Gasteiger charge is 2.22. The van der Waals surface area contributed by atoms with Crippen molar-refractivity contribution < 1.29 is 4.74 Å². The van der Waals surface area contributed by atoms with Gasteiger partial charge >= 0.3 is 0 Å². The van der Waals surface area contributed by atoms with Crippen LogP contribution in [0.3, 0.4) is 0 Å². The third-order valence-electron chi connectivity index (χ3n) is 4.30. The SMILES string of the molecule is COc1ccccc1CN[C@H]1CCN(Cc2ccccc2)C1. The highest BCUT2D eigenvalue weighted by atomic mass is 16.5. The maximum atomic E-state index is 5.41. The first kappa shape index (κ1) is 15.1. The fraction of sp³-hybridized carbons (Fsp3) is 0.368. The molecule has 1 atom stereocenters. The van der Waals surface area contributed by atoms with E-state index in [4.69, 9.17) is 4.74 Å². The lowest BCUT2D eigenvalue weighted by molar-refractivity contribution is 0.319. The third-order valence-corrected chi connectivity index (χ3v) is 4.30. The van der Waals surface area contributed by atoms with Gasteiger partial charge in [0.15, 0.2) is 0 Å². The Morgan fingerprint density at radius 3 is 2.68 bits per heavy atom. The molecular formula is C19H24N2O. The highest BCUT2D eigenvalue weighted by Crippen LogP contribution is 2.18. The molecule has 3 heteroatoms. The smallest absolute Gasteiger partial charge is 0.123 e. The van der Waals surface area contributed by atoms with Gasteiger partial charge in [-0.3, -0.25) is 4.90 Å². The van der Waals surface area contributed by atoms with Gasteiger partial charge in [0.1, 0.15) is 5.75 Å². The molecule has 0 saturated carbocycles. The second-order valence-corrected chi connectivity index (χ2v) is 5.90. The summed E-state index contributed by atoms with van der Waals surface area (Å²) >= 11 is 0. The van der Waals surface area contributed by atoms with Crippen molar-refractivity contribution in [2.45, 2.75) is 25.6 Å². The molecule has 0 bridgehead atoms. The molecule has 116 valence electrons. The molecule has 1 N–H and O–H groups in total. The minimum atomic E-state index is 0.564. The standard InChI is InChI=1S/C19H24N2O/c1-22-19-10-6-5-9-17(19)13-20-18-11-12-21(15-18)14-16-7-3-2-4-8-16/h2-10,18,20H,11-15H2,1H3/t18-/m0/s1. The lowest BCUT2D eigenvalue weighted by Gasteiger charge is -2.17. The number of benzene rings is 2. The van der Waals surface area contributed by atoms with Crippen molar-refractivity contribution in [3.05, 3.63) is 65.7 Å². The maximum Gasteiger partial charge on any atom is 0.123 e. The van der Waals surface area contributed by atoms with E-state index in [0.717, 1.165) is 25.4 Å². The molecule has 1 aliphatic heterocycles. The monoisotopic (exact) mass is 296 g/mol. The summed E-state index contributed by atoms with van der Waals surface area (Å²) in [5.41, 5.74) is 2.62. The predicted octanol–water partition coefficient (Wildman–Crippen LogP) is 3.06. The summed E-state index contributed by atoms with van der Waals surface area (Å²) < 4.78 is 5.41. The van der Waals surface area contributed by atoms with Crippen LogP contribution in [-0.2, 0) is 13.1 Å². The molecule has 3 nitrogen and oxygen atoms in total. The Balaban J connectivity index is 1.49. The Hall–Kier alpha value is -1.84.